The Morgan fingerprint density at radius 3 is 2.43 bits per heavy atom. The summed E-state index contributed by atoms with van der Waals surface area (Å²) in [6.45, 7) is 0. The van der Waals surface area contributed by atoms with Gasteiger partial charge in [-0.2, -0.15) is 0 Å². The van der Waals surface area contributed by atoms with Crippen molar-refractivity contribution in [2.75, 3.05) is 11.2 Å². The molecule has 1 aliphatic rings. The molecule has 7 nitrogen and oxygen atoms in total. The van der Waals surface area contributed by atoms with Gasteiger partial charge in [-0.3, -0.25) is 14.5 Å². The summed E-state index contributed by atoms with van der Waals surface area (Å²) in [6.07, 6.45) is 7.38. The second-order valence-electron chi connectivity index (χ2n) is 7.33. The molecule has 1 aromatic carbocycles. The molecule has 0 unspecified atom stereocenters. The van der Waals surface area contributed by atoms with Crippen molar-refractivity contribution in [1.29, 1.82) is 0 Å². The molecule has 0 radical (unpaired) electrons. The van der Waals surface area contributed by atoms with Crippen molar-refractivity contribution in [3.63, 3.8) is 0 Å². The minimum absolute atomic E-state index is 0.0144. The van der Waals surface area contributed by atoms with Gasteiger partial charge in [-0.1, -0.05) is 23.2 Å². The number of carbonyl (C=O) groups is 2. The zero-order chi connectivity index (χ0) is 21.9. The summed E-state index contributed by atoms with van der Waals surface area (Å²) < 4.78 is 23.7. The molecule has 1 heterocycles. The number of benzene rings is 1. The Balaban J connectivity index is 1.87. The van der Waals surface area contributed by atoms with Gasteiger partial charge in [0.1, 0.15) is 10.9 Å². The first-order chi connectivity index (χ1) is 14.1. The number of nitrogens with zero attached hydrogens (tertiary/aromatic N) is 3. The van der Waals surface area contributed by atoms with E-state index >= 15 is 0 Å². The summed E-state index contributed by atoms with van der Waals surface area (Å²) in [6, 6.07) is 4.30. The maximum atomic E-state index is 13.1. The smallest absolute Gasteiger partial charge is 0.232 e. The van der Waals surface area contributed by atoms with Gasteiger partial charge in [-0.25, -0.2) is 18.4 Å². The number of sulfone groups is 1. The molecule has 0 spiro atoms. The highest BCUT2D eigenvalue weighted by atomic mass is 35.5. The topological polar surface area (TPSA) is 97.3 Å². The number of carbonyl (C=O) groups excluding carboxylic acids is 2. The highest BCUT2D eigenvalue weighted by Gasteiger charge is 2.25. The number of Topliss-reactive ketones (excluding diaryl/α,β-unsaturated/α-hetero) is 1. The van der Waals surface area contributed by atoms with E-state index in [2.05, 4.69) is 9.97 Å². The first kappa shape index (κ1) is 22.7. The van der Waals surface area contributed by atoms with E-state index in [0.717, 1.165) is 19.1 Å². The Kier molecular flexibility index (Phi) is 7.10. The van der Waals surface area contributed by atoms with Crippen molar-refractivity contribution < 1.29 is 18.0 Å². The molecule has 0 N–H and O–H groups in total. The van der Waals surface area contributed by atoms with Crippen LogP contribution >= 0.6 is 23.2 Å². The summed E-state index contributed by atoms with van der Waals surface area (Å²) in [7, 11) is -3.50. The fourth-order valence-corrected chi connectivity index (χ4v) is 4.90. The minimum atomic E-state index is -3.50. The number of rotatable bonds is 6. The predicted molar refractivity (Wildman–Crippen MR) is 115 cm³/mol. The van der Waals surface area contributed by atoms with Crippen LogP contribution in [0.2, 0.25) is 10.2 Å². The van der Waals surface area contributed by atoms with Gasteiger partial charge in [0.25, 0.3) is 0 Å². The fraction of sp³-hybridized carbons (Fsp3) is 0.400. The molecular formula is C20H21Cl2N3O4S. The zero-order valence-corrected chi connectivity index (χ0v) is 18.7. The molecule has 3 rings (SSSR count). The second-order valence-corrected chi connectivity index (χ2v) is 10.1. The first-order valence-electron chi connectivity index (χ1n) is 9.47. The van der Waals surface area contributed by atoms with Crippen LogP contribution in [-0.2, 0) is 19.4 Å². The number of hydrogen-bond donors (Lipinski definition) is 0. The Bertz CT molecular complexity index is 1050. The van der Waals surface area contributed by atoms with Crippen molar-refractivity contribution >= 4 is 56.2 Å². The Morgan fingerprint density at radius 1 is 1.17 bits per heavy atom. The van der Waals surface area contributed by atoms with E-state index in [1.807, 2.05) is 0 Å². The van der Waals surface area contributed by atoms with E-state index in [-0.39, 0.29) is 39.0 Å². The summed E-state index contributed by atoms with van der Waals surface area (Å²) in [4.78, 5) is 34.1. The van der Waals surface area contributed by atoms with Gasteiger partial charge in [-0.05, 0) is 43.4 Å². The average Bonchev–Trinajstić information content (AvgIpc) is 2.68. The van der Waals surface area contributed by atoms with E-state index in [4.69, 9.17) is 23.2 Å². The summed E-state index contributed by atoms with van der Waals surface area (Å²) in [5.74, 6) is 0.621. The molecule has 160 valence electrons. The third-order valence-corrected chi connectivity index (χ3v) is 6.86. The first-order valence-corrected chi connectivity index (χ1v) is 12.1. The maximum absolute atomic E-state index is 13.1. The zero-order valence-electron chi connectivity index (χ0n) is 16.3. The van der Waals surface area contributed by atoms with Crippen LogP contribution in [0.4, 0.5) is 11.5 Å². The van der Waals surface area contributed by atoms with Crippen LogP contribution in [-0.4, -0.2) is 36.3 Å². The third-order valence-electron chi connectivity index (χ3n) is 5.09. The molecule has 1 fully saturated rings. The lowest BCUT2D eigenvalue weighted by Gasteiger charge is -2.25. The van der Waals surface area contributed by atoms with Crippen LogP contribution < -0.4 is 4.90 Å². The molecule has 10 heteroatoms. The standard InChI is InChI=1S/C20H21Cl2N3O4S/c1-30(28,29)17-8-5-14(10-16(17)21)25(19-12-23-18(22)11-24-19)20(27)9-4-13-2-6-15(26)7-3-13/h5,8,10-13H,2-4,6-7,9H2,1H3. The molecule has 30 heavy (non-hydrogen) atoms. The number of halogens is 2. The molecule has 1 saturated carbocycles. The molecule has 0 atom stereocenters. The van der Waals surface area contributed by atoms with Crippen molar-refractivity contribution in [2.24, 2.45) is 5.92 Å². The predicted octanol–water partition coefficient (Wildman–Crippen LogP) is 4.39. The summed E-state index contributed by atoms with van der Waals surface area (Å²) >= 11 is 12.0. The van der Waals surface area contributed by atoms with Gasteiger partial charge in [-0.15, -0.1) is 0 Å². The van der Waals surface area contributed by atoms with Crippen LogP contribution in [0.1, 0.15) is 38.5 Å². The summed E-state index contributed by atoms with van der Waals surface area (Å²) in [5, 5.41) is 0.198. The quantitative estimate of drug-likeness (QED) is 0.621. The minimum Gasteiger partial charge on any atom is -0.300 e. The van der Waals surface area contributed by atoms with Crippen molar-refractivity contribution in [3.8, 4) is 0 Å². The van der Waals surface area contributed by atoms with Crippen LogP contribution in [0.15, 0.2) is 35.5 Å². The van der Waals surface area contributed by atoms with Gasteiger partial charge < -0.3 is 0 Å². The van der Waals surface area contributed by atoms with Crippen LogP contribution in [0.5, 0.6) is 0 Å². The van der Waals surface area contributed by atoms with E-state index in [0.29, 0.717) is 30.9 Å². The van der Waals surface area contributed by atoms with Gasteiger partial charge in [0.15, 0.2) is 15.7 Å². The number of anilines is 2. The van der Waals surface area contributed by atoms with Gasteiger partial charge in [0.2, 0.25) is 5.91 Å². The van der Waals surface area contributed by atoms with Crippen molar-refractivity contribution in [1.82, 2.24) is 9.97 Å². The molecular weight excluding hydrogens is 449 g/mol. The van der Waals surface area contributed by atoms with Crippen LogP contribution in [0.3, 0.4) is 0 Å². The number of aromatic nitrogens is 2. The molecule has 1 amide bonds. The van der Waals surface area contributed by atoms with E-state index < -0.39 is 9.84 Å². The van der Waals surface area contributed by atoms with Crippen LogP contribution in [0, 0.1) is 5.92 Å². The number of ketones is 1. The van der Waals surface area contributed by atoms with Gasteiger partial charge >= 0.3 is 0 Å². The maximum Gasteiger partial charge on any atom is 0.232 e. The van der Waals surface area contributed by atoms with Crippen LogP contribution in [0.25, 0.3) is 0 Å². The van der Waals surface area contributed by atoms with Crippen molar-refractivity contribution in [2.45, 2.75) is 43.4 Å². The molecule has 2 aromatic rings. The van der Waals surface area contributed by atoms with Gasteiger partial charge in [0, 0.05) is 25.5 Å². The lowest BCUT2D eigenvalue weighted by Crippen LogP contribution is -2.28. The normalized spacial score (nSPS) is 15.2. The van der Waals surface area contributed by atoms with E-state index in [1.54, 1.807) is 0 Å². The lowest BCUT2D eigenvalue weighted by atomic mass is 9.85. The summed E-state index contributed by atoms with van der Waals surface area (Å²) in [5.41, 5.74) is 0.382. The molecule has 1 aliphatic carbocycles. The highest BCUT2D eigenvalue weighted by Crippen LogP contribution is 2.32. The molecule has 1 aromatic heterocycles. The number of amides is 1. The SMILES string of the molecule is CS(=O)(=O)c1ccc(N(C(=O)CCC2CCC(=O)CC2)c2cnc(Cl)cn2)cc1Cl. The van der Waals surface area contributed by atoms with E-state index in [1.165, 1.54) is 35.5 Å². The monoisotopic (exact) mass is 469 g/mol. The van der Waals surface area contributed by atoms with Crippen molar-refractivity contribution in [3.05, 3.63) is 40.8 Å². The Labute approximate surface area is 185 Å². The third kappa shape index (κ3) is 5.56. The lowest BCUT2D eigenvalue weighted by molar-refractivity contribution is -0.121. The fourth-order valence-electron chi connectivity index (χ4n) is 3.48. The number of hydrogen-bond acceptors (Lipinski definition) is 6. The van der Waals surface area contributed by atoms with E-state index in [9.17, 15) is 18.0 Å². The molecule has 0 aliphatic heterocycles. The largest absolute Gasteiger partial charge is 0.300 e. The Hall–Kier alpha value is -2.03. The van der Waals surface area contributed by atoms with Gasteiger partial charge in [0.05, 0.1) is 28.0 Å². The Morgan fingerprint density at radius 2 is 1.87 bits per heavy atom. The molecule has 0 bridgehead atoms. The molecule has 0 saturated heterocycles. The average molecular weight is 470 g/mol. The highest BCUT2D eigenvalue weighted by molar-refractivity contribution is 7.90. The second kappa shape index (κ2) is 9.41.